The molecular weight excluding hydrogens is 254 g/mol. The molecular formula is C16H26NO3+. The smallest absolute Gasteiger partial charge is 0.137 e. The van der Waals surface area contributed by atoms with E-state index in [4.69, 9.17) is 9.47 Å². The SMILES string of the molecule is COc1cccc(OC[C@@H](O)C[NH+]2CCC[C@@H](C)C2)c1. The van der Waals surface area contributed by atoms with Crippen molar-refractivity contribution in [3.63, 3.8) is 0 Å². The first-order chi connectivity index (χ1) is 9.67. The van der Waals surface area contributed by atoms with Crippen molar-refractivity contribution in [2.45, 2.75) is 25.9 Å². The molecule has 2 N–H and O–H groups in total. The number of aliphatic hydroxyl groups is 1. The van der Waals surface area contributed by atoms with Crippen LogP contribution in [0.5, 0.6) is 11.5 Å². The Labute approximate surface area is 121 Å². The molecule has 0 aromatic heterocycles. The zero-order chi connectivity index (χ0) is 14.4. The first-order valence-corrected chi connectivity index (χ1v) is 7.46. The van der Waals surface area contributed by atoms with Crippen LogP contribution in [0.3, 0.4) is 0 Å². The maximum Gasteiger partial charge on any atom is 0.137 e. The molecule has 0 saturated carbocycles. The number of quaternary nitrogens is 1. The lowest BCUT2D eigenvalue weighted by molar-refractivity contribution is -0.911. The first-order valence-electron chi connectivity index (χ1n) is 7.46. The van der Waals surface area contributed by atoms with Crippen LogP contribution in [0, 0.1) is 5.92 Å². The van der Waals surface area contributed by atoms with E-state index in [2.05, 4.69) is 6.92 Å². The largest absolute Gasteiger partial charge is 0.497 e. The molecule has 4 nitrogen and oxygen atoms in total. The fraction of sp³-hybridized carbons (Fsp3) is 0.625. The summed E-state index contributed by atoms with van der Waals surface area (Å²) in [6.45, 7) is 5.73. The quantitative estimate of drug-likeness (QED) is 0.808. The summed E-state index contributed by atoms with van der Waals surface area (Å²) in [6, 6.07) is 7.48. The van der Waals surface area contributed by atoms with Crippen molar-refractivity contribution in [2.24, 2.45) is 5.92 Å². The van der Waals surface area contributed by atoms with Gasteiger partial charge in [-0.25, -0.2) is 0 Å². The number of ether oxygens (including phenoxy) is 2. The van der Waals surface area contributed by atoms with E-state index in [-0.39, 0.29) is 0 Å². The molecule has 0 bridgehead atoms. The minimum atomic E-state index is -0.415. The second-order valence-electron chi connectivity index (χ2n) is 5.80. The van der Waals surface area contributed by atoms with Gasteiger partial charge in [0.2, 0.25) is 0 Å². The van der Waals surface area contributed by atoms with Gasteiger partial charge < -0.3 is 19.5 Å². The molecule has 0 aliphatic carbocycles. The third kappa shape index (κ3) is 4.69. The lowest BCUT2D eigenvalue weighted by Crippen LogP contribution is -3.14. The Hall–Kier alpha value is -1.26. The molecule has 1 unspecified atom stereocenters. The molecule has 0 amide bonds. The molecule has 1 fully saturated rings. The third-order valence-electron chi connectivity index (χ3n) is 3.87. The molecule has 0 radical (unpaired) electrons. The Morgan fingerprint density at radius 1 is 1.40 bits per heavy atom. The number of hydrogen-bond acceptors (Lipinski definition) is 3. The molecule has 1 saturated heterocycles. The molecule has 1 aromatic rings. The summed E-state index contributed by atoms with van der Waals surface area (Å²) in [5, 5.41) is 10.1. The van der Waals surface area contributed by atoms with E-state index in [0.29, 0.717) is 6.61 Å². The van der Waals surface area contributed by atoms with E-state index in [1.165, 1.54) is 24.3 Å². The summed E-state index contributed by atoms with van der Waals surface area (Å²) in [5.41, 5.74) is 0. The van der Waals surface area contributed by atoms with Gasteiger partial charge in [-0.2, -0.15) is 0 Å². The highest BCUT2D eigenvalue weighted by Crippen LogP contribution is 2.18. The Kier molecular flexibility index (Phi) is 5.68. The molecule has 112 valence electrons. The van der Waals surface area contributed by atoms with Crippen LogP contribution < -0.4 is 14.4 Å². The minimum Gasteiger partial charge on any atom is -0.497 e. The highest BCUT2D eigenvalue weighted by molar-refractivity contribution is 5.32. The Bertz CT molecular complexity index is 410. The van der Waals surface area contributed by atoms with Gasteiger partial charge in [-0.15, -0.1) is 0 Å². The lowest BCUT2D eigenvalue weighted by atomic mass is 10.0. The summed E-state index contributed by atoms with van der Waals surface area (Å²) >= 11 is 0. The van der Waals surface area contributed by atoms with Gasteiger partial charge in [0.1, 0.15) is 30.8 Å². The fourth-order valence-corrected chi connectivity index (χ4v) is 2.86. The molecule has 1 heterocycles. The van der Waals surface area contributed by atoms with E-state index < -0.39 is 6.10 Å². The summed E-state index contributed by atoms with van der Waals surface area (Å²) in [7, 11) is 1.63. The van der Waals surface area contributed by atoms with Crippen LogP contribution in [-0.2, 0) is 0 Å². The molecule has 2 rings (SSSR count). The molecule has 1 aromatic carbocycles. The average Bonchev–Trinajstić information content (AvgIpc) is 2.45. The van der Waals surface area contributed by atoms with Gasteiger partial charge in [-0.3, -0.25) is 0 Å². The molecule has 4 heteroatoms. The summed E-state index contributed by atoms with van der Waals surface area (Å²) in [5.74, 6) is 2.28. The molecule has 20 heavy (non-hydrogen) atoms. The fourth-order valence-electron chi connectivity index (χ4n) is 2.86. The van der Waals surface area contributed by atoms with Gasteiger partial charge in [-0.1, -0.05) is 13.0 Å². The van der Waals surface area contributed by atoms with Crippen molar-refractivity contribution in [1.82, 2.24) is 0 Å². The normalized spacial score (nSPS) is 24.1. The standard InChI is InChI=1S/C16H25NO3/c1-13-5-4-8-17(10-13)11-14(18)12-20-16-7-3-6-15(9-16)19-2/h3,6-7,9,13-14,18H,4-5,8,10-12H2,1-2H3/p+1/t13-,14+/m1/s1. The third-order valence-corrected chi connectivity index (χ3v) is 3.87. The van der Waals surface area contributed by atoms with Crippen molar-refractivity contribution in [2.75, 3.05) is 33.4 Å². The number of piperidine rings is 1. The van der Waals surface area contributed by atoms with Crippen LogP contribution >= 0.6 is 0 Å². The van der Waals surface area contributed by atoms with Gasteiger partial charge in [0.05, 0.1) is 20.2 Å². The molecule has 1 aliphatic rings. The van der Waals surface area contributed by atoms with E-state index in [1.54, 1.807) is 7.11 Å². The highest BCUT2D eigenvalue weighted by atomic mass is 16.5. The molecule has 0 spiro atoms. The van der Waals surface area contributed by atoms with Crippen LogP contribution in [0.4, 0.5) is 0 Å². The summed E-state index contributed by atoms with van der Waals surface area (Å²) in [6.07, 6.45) is 2.17. The second kappa shape index (κ2) is 7.50. The van der Waals surface area contributed by atoms with Gasteiger partial charge in [0.15, 0.2) is 0 Å². The zero-order valence-corrected chi connectivity index (χ0v) is 12.5. The van der Waals surface area contributed by atoms with E-state index in [0.717, 1.165) is 30.5 Å². The van der Waals surface area contributed by atoms with Crippen LogP contribution in [0.2, 0.25) is 0 Å². The number of hydrogen-bond donors (Lipinski definition) is 2. The van der Waals surface area contributed by atoms with E-state index >= 15 is 0 Å². The van der Waals surface area contributed by atoms with Crippen molar-refractivity contribution >= 4 is 0 Å². The van der Waals surface area contributed by atoms with Crippen molar-refractivity contribution in [3.05, 3.63) is 24.3 Å². The number of nitrogens with one attached hydrogen (secondary N) is 1. The lowest BCUT2D eigenvalue weighted by Gasteiger charge is -2.29. The average molecular weight is 280 g/mol. The van der Waals surface area contributed by atoms with E-state index in [9.17, 15) is 5.11 Å². The predicted molar refractivity (Wildman–Crippen MR) is 78.5 cm³/mol. The van der Waals surface area contributed by atoms with Crippen molar-refractivity contribution in [1.29, 1.82) is 0 Å². The molecule has 1 aliphatic heterocycles. The van der Waals surface area contributed by atoms with Gasteiger partial charge in [0.25, 0.3) is 0 Å². The van der Waals surface area contributed by atoms with Crippen molar-refractivity contribution in [3.8, 4) is 11.5 Å². The zero-order valence-electron chi connectivity index (χ0n) is 12.5. The second-order valence-corrected chi connectivity index (χ2v) is 5.80. The van der Waals surface area contributed by atoms with Crippen LogP contribution in [0.25, 0.3) is 0 Å². The van der Waals surface area contributed by atoms with Crippen LogP contribution in [0.1, 0.15) is 19.8 Å². The van der Waals surface area contributed by atoms with Crippen molar-refractivity contribution < 1.29 is 19.5 Å². The van der Waals surface area contributed by atoms with Crippen LogP contribution in [-0.4, -0.2) is 44.6 Å². The maximum atomic E-state index is 10.1. The first kappa shape index (κ1) is 15.1. The van der Waals surface area contributed by atoms with Gasteiger partial charge in [0, 0.05) is 12.0 Å². The Morgan fingerprint density at radius 3 is 2.95 bits per heavy atom. The number of methoxy groups -OCH3 is 1. The summed E-state index contributed by atoms with van der Waals surface area (Å²) < 4.78 is 10.8. The minimum absolute atomic E-state index is 0.338. The number of rotatable bonds is 6. The predicted octanol–water partition coefficient (Wildman–Crippen LogP) is 0.750. The number of benzene rings is 1. The van der Waals surface area contributed by atoms with E-state index in [1.807, 2.05) is 24.3 Å². The monoisotopic (exact) mass is 280 g/mol. The highest BCUT2D eigenvalue weighted by Gasteiger charge is 2.22. The number of likely N-dealkylation sites (tertiary alicyclic amines) is 1. The Balaban J connectivity index is 1.75. The number of aliphatic hydroxyl groups excluding tert-OH is 1. The van der Waals surface area contributed by atoms with Crippen LogP contribution in [0.15, 0.2) is 24.3 Å². The molecule has 3 atom stereocenters. The van der Waals surface area contributed by atoms with Gasteiger partial charge in [-0.05, 0) is 25.0 Å². The Morgan fingerprint density at radius 2 is 2.20 bits per heavy atom. The summed E-state index contributed by atoms with van der Waals surface area (Å²) in [4.78, 5) is 1.49. The van der Waals surface area contributed by atoms with Gasteiger partial charge >= 0.3 is 0 Å². The maximum absolute atomic E-state index is 10.1. The topological polar surface area (TPSA) is 43.1 Å².